The number of aryl methyl sites for hydroxylation is 2. The first-order chi connectivity index (χ1) is 9.63. The molecule has 0 atom stereocenters. The number of nitrogens with two attached hydrogens (primary N) is 1. The quantitative estimate of drug-likeness (QED) is 0.808. The van der Waals surface area contributed by atoms with E-state index in [-0.39, 0.29) is 26.4 Å². The van der Waals surface area contributed by atoms with Crippen molar-refractivity contribution < 1.29 is 8.42 Å². The minimum absolute atomic E-state index is 0.000614. The molecule has 0 bridgehead atoms. The van der Waals surface area contributed by atoms with Crippen molar-refractivity contribution in [2.24, 2.45) is 7.05 Å². The fraction of sp³-hybridized carbons (Fsp3) is 0.182. The molecule has 0 spiro atoms. The summed E-state index contributed by atoms with van der Waals surface area (Å²) in [5.74, 6) is 0.155. The van der Waals surface area contributed by atoms with Crippen molar-refractivity contribution in [2.75, 3.05) is 10.5 Å². The van der Waals surface area contributed by atoms with E-state index in [0.29, 0.717) is 10.2 Å². The molecule has 0 aliphatic rings. The van der Waals surface area contributed by atoms with Crippen LogP contribution in [0.2, 0.25) is 10.0 Å². The fourth-order valence-electron chi connectivity index (χ4n) is 1.76. The number of sulfonamides is 1. The van der Waals surface area contributed by atoms with Crippen molar-refractivity contribution >= 4 is 60.7 Å². The third kappa shape index (κ3) is 3.13. The normalized spacial score (nSPS) is 11.7. The molecule has 2 aromatic rings. The first kappa shape index (κ1) is 16.4. The molecule has 1 aromatic carbocycles. The van der Waals surface area contributed by atoms with Crippen molar-refractivity contribution in [1.82, 2.24) is 9.78 Å². The zero-order valence-corrected chi connectivity index (χ0v) is 14.9. The Balaban J connectivity index is 2.54. The van der Waals surface area contributed by atoms with Gasteiger partial charge in [-0.1, -0.05) is 39.1 Å². The number of hydrogen-bond acceptors (Lipinski definition) is 4. The van der Waals surface area contributed by atoms with Crippen molar-refractivity contribution in [3.63, 3.8) is 0 Å². The monoisotopic (exact) mass is 412 g/mol. The summed E-state index contributed by atoms with van der Waals surface area (Å²) < 4.78 is 29.2. The van der Waals surface area contributed by atoms with Gasteiger partial charge in [0.25, 0.3) is 10.0 Å². The maximum atomic E-state index is 12.5. The topological polar surface area (TPSA) is 90.0 Å². The summed E-state index contributed by atoms with van der Waals surface area (Å²) in [6, 6.07) is 2.89. The van der Waals surface area contributed by atoms with Gasteiger partial charge in [0.1, 0.15) is 4.90 Å². The van der Waals surface area contributed by atoms with Crippen molar-refractivity contribution in [2.45, 2.75) is 11.8 Å². The van der Waals surface area contributed by atoms with Gasteiger partial charge in [0.05, 0.1) is 21.4 Å². The van der Waals surface area contributed by atoms with Crippen molar-refractivity contribution in [3.8, 4) is 0 Å². The maximum Gasteiger partial charge on any atom is 0.266 e. The van der Waals surface area contributed by atoms with Crippen LogP contribution >= 0.6 is 39.1 Å². The van der Waals surface area contributed by atoms with E-state index < -0.39 is 10.0 Å². The molecule has 0 unspecified atom stereocenters. The molecule has 3 N–H and O–H groups in total. The van der Waals surface area contributed by atoms with Gasteiger partial charge in [-0.25, -0.2) is 13.1 Å². The first-order valence-corrected chi connectivity index (χ1v) is 8.63. The molecule has 6 nitrogen and oxygen atoms in total. The highest BCUT2D eigenvalue weighted by Gasteiger charge is 2.25. The molecular weight excluding hydrogens is 403 g/mol. The number of halogens is 3. The van der Waals surface area contributed by atoms with Gasteiger partial charge >= 0.3 is 0 Å². The lowest BCUT2D eigenvalue weighted by Gasteiger charge is -2.12. The number of nitrogen functional groups attached to an aromatic ring is 1. The molecular formula is C11H11BrCl2N4O2S. The predicted octanol–water partition coefficient (Wildman–Crippen LogP) is 3.18. The van der Waals surface area contributed by atoms with Gasteiger partial charge < -0.3 is 5.73 Å². The van der Waals surface area contributed by atoms with Gasteiger partial charge in [-0.05, 0) is 19.1 Å². The highest BCUT2D eigenvalue weighted by atomic mass is 79.9. The van der Waals surface area contributed by atoms with E-state index in [2.05, 4.69) is 25.8 Å². The number of nitrogens with one attached hydrogen (secondary N) is 1. The Labute approximate surface area is 140 Å². The van der Waals surface area contributed by atoms with Gasteiger partial charge in [0, 0.05) is 11.5 Å². The van der Waals surface area contributed by atoms with Gasteiger partial charge in [-0.3, -0.25) is 4.72 Å². The average Bonchev–Trinajstić information content (AvgIpc) is 2.53. The summed E-state index contributed by atoms with van der Waals surface area (Å²) in [5, 5.41) is 4.04. The highest BCUT2D eigenvalue weighted by Crippen LogP contribution is 2.34. The zero-order valence-electron chi connectivity index (χ0n) is 11.0. The summed E-state index contributed by atoms with van der Waals surface area (Å²) in [4.78, 5) is -0.215. The Kier molecular flexibility index (Phi) is 4.44. The second-order valence-electron chi connectivity index (χ2n) is 4.28. The molecule has 114 valence electrons. The number of anilines is 2. The molecule has 0 aliphatic carbocycles. The van der Waals surface area contributed by atoms with Crippen LogP contribution in [0.1, 0.15) is 5.69 Å². The molecule has 2 rings (SSSR count). The second-order valence-corrected chi connectivity index (χ2v) is 7.62. The SMILES string of the molecule is Cc1nn(C)c(NS(=O)(=O)c2c(Cl)cc(Br)cc2Cl)c1N. The van der Waals surface area contributed by atoms with E-state index >= 15 is 0 Å². The lowest BCUT2D eigenvalue weighted by Crippen LogP contribution is -2.17. The van der Waals surface area contributed by atoms with Crippen LogP contribution in [0, 0.1) is 6.92 Å². The number of hydrogen-bond donors (Lipinski definition) is 2. The molecule has 0 radical (unpaired) electrons. The van der Waals surface area contributed by atoms with E-state index in [1.54, 1.807) is 14.0 Å². The van der Waals surface area contributed by atoms with E-state index in [0.717, 1.165) is 0 Å². The predicted molar refractivity (Wildman–Crippen MR) is 87.3 cm³/mol. The summed E-state index contributed by atoms with van der Waals surface area (Å²) >= 11 is 15.2. The average molecular weight is 414 g/mol. The van der Waals surface area contributed by atoms with Crippen LogP contribution in [0.4, 0.5) is 11.5 Å². The highest BCUT2D eigenvalue weighted by molar-refractivity contribution is 9.10. The molecule has 0 fully saturated rings. The number of aromatic nitrogens is 2. The van der Waals surface area contributed by atoms with Gasteiger partial charge in [0.15, 0.2) is 5.82 Å². The largest absolute Gasteiger partial charge is 0.394 e. The summed E-state index contributed by atoms with van der Waals surface area (Å²) in [6.07, 6.45) is 0. The lowest BCUT2D eigenvalue weighted by atomic mass is 10.4. The molecule has 1 aromatic heterocycles. The summed E-state index contributed by atoms with van der Waals surface area (Å²) in [7, 11) is -2.42. The van der Waals surface area contributed by atoms with E-state index in [1.807, 2.05) is 0 Å². The Morgan fingerprint density at radius 3 is 2.29 bits per heavy atom. The minimum Gasteiger partial charge on any atom is -0.394 e. The Morgan fingerprint density at radius 1 is 1.33 bits per heavy atom. The minimum atomic E-state index is -4.00. The maximum absolute atomic E-state index is 12.5. The second kappa shape index (κ2) is 5.68. The number of nitrogens with zero attached hydrogens (tertiary/aromatic N) is 2. The van der Waals surface area contributed by atoms with Crippen LogP contribution in [0.25, 0.3) is 0 Å². The first-order valence-electron chi connectivity index (χ1n) is 5.60. The Morgan fingerprint density at radius 2 is 1.86 bits per heavy atom. The van der Waals surface area contributed by atoms with E-state index in [4.69, 9.17) is 28.9 Å². The van der Waals surface area contributed by atoms with Crippen LogP contribution in [-0.4, -0.2) is 18.2 Å². The van der Waals surface area contributed by atoms with Crippen LogP contribution in [0.15, 0.2) is 21.5 Å². The molecule has 0 aliphatic heterocycles. The molecule has 21 heavy (non-hydrogen) atoms. The molecule has 10 heteroatoms. The van der Waals surface area contributed by atoms with Crippen LogP contribution < -0.4 is 10.5 Å². The Hall–Kier alpha value is -0.960. The smallest absolute Gasteiger partial charge is 0.266 e. The summed E-state index contributed by atoms with van der Waals surface area (Å²) in [6.45, 7) is 1.67. The van der Waals surface area contributed by atoms with Crippen LogP contribution in [0.3, 0.4) is 0 Å². The number of benzene rings is 1. The number of rotatable bonds is 3. The molecule has 0 saturated carbocycles. The molecule has 1 heterocycles. The fourth-order valence-corrected chi connectivity index (χ4v) is 4.81. The van der Waals surface area contributed by atoms with Crippen LogP contribution in [-0.2, 0) is 17.1 Å². The van der Waals surface area contributed by atoms with E-state index in [1.165, 1.54) is 16.8 Å². The third-order valence-corrected chi connectivity index (χ3v) is 5.45. The third-order valence-electron chi connectivity index (χ3n) is 2.73. The zero-order chi connectivity index (χ0) is 15.9. The molecule has 0 saturated heterocycles. The Bertz CT molecular complexity index is 797. The van der Waals surface area contributed by atoms with Crippen LogP contribution in [0.5, 0.6) is 0 Å². The van der Waals surface area contributed by atoms with Crippen molar-refractivity contribution in [1.29, 1.82) is 0 Å². The summed E-state index contributed by atoms with van der Waals surface area (Å²) in [5.41, 5.74) is 6.56. The van der Waals surface area contributed by atoms with E-state index in [9.17, 15) is 8.42 Å². The molecule has 0 amide bonds. The standard InChI is InChI=1S/C11H11BrCl2N4O2S/c1-5-9(15)11(18(2)16-5)17-21(19,20)10-7(13)3-6(12)4-8(10)14/h3-4,17H,15H2,1-2H3. The van der Waals surface area contributed by atoms with Gasteiger partial charge in [-0.2, -0.15) is 5.10 Å². The van der Waals surface area contributed by atoms with Gasteiger partial charge in [0.2, 0.25) is 0 Å². The van der Waals surface area contributed by atoms with Crippen molar-refractivity contribution in [3.05, 3.63) is 32.3 Å². The van der Waals surface area contributed by atoms with Gasteiger partial charge in [-0.15, -0.1) is 0 Å². The lowest BCUT2D eigenvalue weighted by molar-refractivity contribution is 0.600.